The highest BCUT2D eigenvalue weighted by Gasteiger charge is 2.15. The Morgan fingerprint density at radius 1 is 1.37 bits per heavy atom. The number of benzene rings is 1. The van der Waals surface area contributed by atoms with Crippen LogP contribution in [0, 0.1) is 0 Å². The fraction of sp³-hybridized carbons (Fsp3) is 0.333. The summed E-state index contributed by atoms with van der Waals surface area (Å²) in [5, 5.41) is 9.88. The molecule has 2 aromatic rings. The highest BCUT2D eigenvalue weighted by Crippen LogP contribution is 2.27. The van der Waals surface area contributed by atoms with Crippen molar-refractivity contribution in [1.82, 2.24) is 4.57 Å². The number of aromatic carboxylic acids is 1. The Labute approximate surface area is 111 Å². The Bertz CT molecular complexity index is 640. The molecule has 0 bridgehead atoms. The number of carbonyl (C=O) groups is 2. The van der Waals surface area contributed by atoms with Crippen molar-refractivity contribution in [2.75, 3.05) is 0 Å². The standard InChI is InChI=1S/C15H17NO3/c1-3-5-16-8-12(9-17)13-7-11(15(18)19)6-10(4-2)14(13)16/h6-9H,3-5H2,1-2H3,(H,18,19). The summed E-state index contributed by atoms with van der Waals surface area (Å²) in [7, 11) is 0. The lowest BCUT2D eigenvalue weighted by Crippen LogP contribution is -2.01. The average molecular weight is 259 g/mol. The highest BCUT2D eigenvalue weighted by molar-refractivity contribution is 6.02. The van der Waals surface area contributed by atoms with Gasteiger partial charge >= 0.3 is 5.97 Å². The van der Waals surface area contributed by atoms with Crippen LogP contribution in [0.5, 0.6) is 0 Å². The van der Waals surface area contributed by atoms with E-state index in [9.17, 15) is 9.59 Å². The van der Waals surface area contributed by atoms with E-state index in [0.29, 0.717) is 5.56 Å². The van der Waals surface area contributed by atoms with Gasteiger partial charge in [-0.25, -0.2) is 4.79 Å². The molecule has 100 valence electrons. The van der Waals surface area contributed by atoms with Gasteiger partial charge in [0.25, 0.3) is 0 Å². The third-order valence-corrected chi connectivity index (χ3v) is 3.30. The van der Waals surface area contributed by atoms with Gasteiger partial charge < -0.3 is 9.67 Å². The van der Waals surface area contributed by atoms with Gasteiger partial charge in [-0.1, -0.05) is 13.8 Å². The van der Waals surface area contributed by atoms with Crippen molar-refractivity contribution in [3.63, 3.8) is 0 Å². The van der Waals surface area contributed by atoms with E-state index in [0.717, 1.165) is 42.1 Å². The van der Waals surface area contributed by atoms with E-state index in [-0.39, 0.29) is 5.56 Å². The maximum atomic E-state index is 11.2. The van der Waals surface area contributed by atoms with E-state index >= 15 is 0 Å². The van der Waals surface area contributed by atoms with Crippen LogP contribution in [0.1, 0.15) is 46.5 Å². The third kappa shape index (κ3) is 2.26. The van der Waals surface area contributed by atoms with Gasteiger partial charge in [0.1, 0.15) is 0 Å². The van der Waals surface area contributed by atoms with E-state index in [1.54, 1.807) is 12.1 Å². The van der Waals surface area contributed by atoms with Crippen molar-refractivity contribution in [3.8, 4) is 0 Å². The molecule has 4 heteroatoms. The minimum absolute atomic E-state index is 0.238. The molecule has 19 heavy (non-hydrogen) atoms. The summed E-state index contributed by atoms with van der Waals surface area (Å²) in [6.07, 6.45) is 4.31. The Morgan fingerprint density at radius 3 is 2.63 bits per heavy atom. The zero-order chi connectivity index (χ0) is 14.0. The number of aryl methyl sites for hydroxylation is 2. The van der Waals surface area contributed by atoms with Crippen LogP contribution in [0.2, 0.25) is 0 Å². The summed E-state index contributed by atoms with van der Waals surface area (Å²) in [5.74, 6) is -0.961. The number of hydrogen-bond acceptors (Lipinski definition) is 2. The quantitative estimate of drug-likeness (QED) is 0.839. The summed E-state index contributed by atoms with van der Waals surface area (Å²) < 4.78 is 2.05. The summed E-state index contributed by atoms with van der Waals surface area (Å²) in [4.78, 5) is 22.3. The maximum absolute atomic E-state index is 11.2. The predicted molar refractivity (Wildman–Crippen MR) is 74.0 cm³/mol. The molecular weight excluding hydrogens is 242 g/mol. The molecule has 0 saturated heterocycles. The first-order valence-corrected chi connectivity index (χ1v) is 6.46. The minimum Gasteiger partial charge on any atom is -0.478 e. The predicted octanol–water partition coefficient (Wildman–Crippen LogP) is 3.12. The molecule has 0 radical (unpaired) electrons. The first-order chi connectivity index (χ1) is 9.12. The second-order valence-corrected chi connectivity index (χ2v) is 4.59. The summed E-state index contributed by atoms with van der Waals surface area (Å²) in [6, 6.07) is 3.29. The van der Waals surface area contributed by atoms with Gasteiger partial charge in [0, 0.05) is 23.7 Å². The number of nitrogens with zero attached hydrogens (tertiary/aromatic N) is 1. The summed E-state index contributed by atoms with van der Waals surface area (Å²) in [6.45, 7) is 4.89. The van der Waals surface area contributed by atoms with Crippen molar-refractivity contribution in [2.45, 2.75) is 33.2 Å². The lowest BCUT2D eigenvalue weighted by Gasteiger charge is -2.08. The number of carbonyl (C=O) groups excluding carboxylic acids is 1. The van der Waals surface area contributed by atoms with Crippen molar-refractivity contribution in [1.29, 1.82) is 0 Å². The van der Waals surface area contributed by atoms with E-state index in [1.807, 2.05) is 17.7 Å². The van der Waals surface area contributed by atoms with Crippen molar-refractivity contribution >= 4 is 23.2 Å². The molecule has 0 amide bonds. The molecule has 1 heterocycles. The van der Waals surface area contributed by atoms with E-state index in [4.69, 9.17) is 5.11 Å². The van der Waals surface area contributed by atoms with Gasteiger partial charge in [0.15, 0.2) is 6.29 Å². The molecule has 1 aromatic carbocycles. The van der Waals surface area contributed by atoms with Crippen LogP contribution >= 0.6 is 0 Å². The fourth-order valence-corrected chi connectivity index (χ4v) is 2.46. The minimum atomic E-state index is -0.961. The Hall–Kier alpha value is -2.10. The third-order valence-electron chi connectivity index (χ3n) is 3.30. The topological polar surface area (TPSA) is 59.3 Å². The number of carboxylic acids is 1. The summed E-state index contributed by atoms with van der Waals surface area (Å²) in [5.41, 5.74) is 2.75. The SMILES string of the molecule is CCCn1cc(C=O)c2cc(C(=O)O)cc(CC)c21. The molecule has 1 aromatic heterocycles. The number of hydrogen-bond donors (Lipinski definition) is 1. The molecule has 4 nitrogen and oxygen atoms in total. The van der Waals surface area contributed by atoms with Crippen LogP contribution < -0.4 is 0 Å². The smallest absolute Gasteiger partial charge is 0.335 e. The largest absolute Gasteiger partial charge is 0.478 e. The van der Waals surface area contributed by atoms with Crippen molar-refractivity contribution in [3.05, 3.63) is 35.0 Å². The molecule has 0 aliphatic rings. The monoisotopic (exact) mass is 259 g/mol. The van der Waals surface area contributed by atoms with Gasteiger partial charge in [-0.15, -0.1) is 0 Å². The molecule has 0 aliphatic carbocycles. The molecule has 0 aliphatic heterocycles. The first kappa shape index (κ1) is 13.3. The summed E-state index contributed by atoms with van der Waals surface area (Å²) >= 11 is 0. The zero-order valence-corrected chi connectivity index (χ0v) is 11.1. The number of aromatic nitrogens is 1. The van der Waals surface area contributed by atoms with Crippen LogP contribution in [-0.4, -0.2) is 21.9 Å². The van der Waals surface area contributed by atoms with Crippen molar-refractivity contribution in [2.24, 2.45) is 0 Å². The number of fused-ring (bicyclic) bond motifs is 1. The van der Waals surface area contributed by atoms with Crippen LogP contribution in [0.25, 0.3) is 10.9 Å². The van der Waals surface area contributed by atoms with Gasteiger partial charge in [-0.3, -0.25) is 4.79 Å². The zero-order valence-electron chi connectivity index (χ0n) is 11.1. The molecule has 0 unspecified atom stereocenters. The van der Waals surface area contributed by atoms with Gasteiger partial charge in [-0.2, -0.15) is 0 Å². The average Bonchev–Trinajstić information content (AvgIpc) is 2.76. The molecular formula is C15H17NO3. The highest BCUT2D eigenvalue weighted by atomic mass is 16.4. The normalized spacial score (nSPS) is 10.8. The van der Waals surface area contributed by atoms with Crippen molar-refractivity contribution < 1.29 is 14.7 Å². The van der Waals surface area contributed by atoms with E-state index in [2.05, 4.69) is 6.92 Å². The molecule has 1 N–H and O–H groups in total. The van der Waals surface area contributed by atoms with Crippen LogP contribution in [0.3, 0.4) is 0 Å². The number of carboxylic acid groups (broad SMARTS) is 1. The molecule has 2 rings (SSSR count). The van der Waals surface area contributed by atoms with E-state index in [1.165, 1.54) is 0 Å². The lowest BCUT2D eigenvalue weighted by molar-refractivity contribution is 0.0696. The Morgan fingerprint density at radius 2 is 2.11 bits per heavy atom. The number of rotatable bonds is 5. The fourth-order valence-electron chi connectivity index (χ4n) is 2.46. The molecule has 0 spiro atoms. The van der Waals surface area contributed by atoms with Gasteiger partial charge in [-0.05, 0) is 30.5 Å². The van der Waals surface area contributed by atoms with Crippen LogP contribution in [0.15, 0.2) is 18.3 Å². The first-order valence-electron chi connectivity index (χ1n) is 6.46. The lowest BCUT2D eigenvalue weighted by atomic mass is 10.0. The Kier molecular flexibility index (Phi) is 3.69. The van der Waals surface area contributed by atoms with Crippen LogP contribution in [-0.2, 0) is 13.0 Å². The molecule has 0 fully saturated rings. The van der Waals surface area contributed by atoms with Gasteiger partial charge in [0.2, 0.25) is 0 Å². The second kappa shape index (κ2) is 5.26. The van der Waals surface area contributed by atoms with Gasteiger partial charge in [0.05, 0.1) is 11.1 Å². The second-order valence-electron chi connectivity index (χ2n) is 4.59. The molecule has 0 atom stereocenters. The number of aldehydes is 1. The maximum Gasteiger partial charge on any atom is 0.335 e. The molecule has 0 saturated carbocycles. The van der Waals surface area contributed by atoms with E-state index < -0.39 is 5.97 Å². The Balaban J connectivity index is 2.81. The van der Waals surface area contributed by atoms with Crippen LogP contribution in [0.4, 0.5) is 0 Å².